The number of rotatable bonds is 9. The van der Waals surface area contributed by atoms with Gasteiger partial charge in [-0.25, -0.2) is 4.98 Å². The maximum atomic E-state index is 12.4. The molecule has 0 amide bonds. The van der Waals surface area contributed by atoms with Gasteiger partial charge in [0.05, 0.1) is 35.9 Å². The second-order valence-corrected chi connectivity index (χ2v) is 9.92. The minimum absolute atomic E-state index is 0.0300. The molecule has 1 aliphatic heterocycles. The molecular formula is C27H36N4O5. The van der Waals surface area contributed by atoms with E-state index in [2.05, 4.69) is 16.0 Å². The molecule has 1 saturated heterocycles. The monoisotopic (exact) mass is 496 g/mol. The van der Waals surface area contributed by atoms with Crippen molar-refractivity contribution in [2.24, 2.45) is 7.05 Å². The van der Waals surface area contributed by atoms with Gasteiger partial charge in [-0.1, -0.05) is 6.07 Å². The minimum atomic E-state index is -0.899. The van der Waals surface area contributed by atoms with E-state index in [0.717, 1.165) is 47.4 Å². The molecule has 0 spiro atoms. The van der Waals surface area contributed by atoms with Crippen LogP contribution in [-0.4, -0.2) is 56.2 Å². The molecule has 1 aromatic carbocycles. The van der Waals surface area contributed by atoms with Crippen LogP contribution in [0.5, 0.6) is 0 Å². The summed E-state index contributed by atoms with van der Waals surface area (Å²) >= 11 is 0. The highest BCUT2D eigenvalue weighted by atomic mass is 16.5. The van der Waals surface area contributed by atoms with Crippen molar-refractivity contribution < 1.29 is 19.4 Å². The zero-order chi connectivity index (χ0) is 26.0. The van der Waals surface area contributed by atoms with E-state index in [1.54, 1.807) is 32.4 Å². The van der Waals surface area contributed by atoms with E-state index in [0.29, 0.717) is 18.7 Å². The fourth-order valence-corrected chi connectivity index (χ4v) is 4.66. The van der Waals surface area contributed by atoms with Crippen molar-refractivity contribution in [3.63, 3.8) is 0 Å². The number of hydrogen-bond acceptors (Lipinski definition) is 7. The lowest BCUT2D eigenvalue weighted by atomic mass is 10.1. The van der Waals surface area contributed by atoms with Crippen molar-refractivity contribution in [3.05, 3.63) is 51.9 Å². The SMILES string of the molecule is Cc1cc(-c2nc3ccc(CN[C@H](C(=O)OC(C)C)[C@@H](C)O)cc3n2CC2CCCO2)cn(C)c1=O. The molecule has 3 atom stereocenters. The van der Waals surface area contributed by atoms with Crippen molar-refractivity contribution in [3.8, 4) is 11.4 Å². The van der Waals surface area contributed by atoms with E-state index >= 15 is 0 Å². The van der Waals surface area contributed by atoms with Gasteiger partial charge < -0.3 is 23.7 Å². The van der Waals surface area contributed by atoms with Gasteiger partial charge in [-0.05, 0) is 64.3 Å². The predicted octanol–water partition coefficient (Wildman–Crippen LogP) is 2.68. The number of aryl methyl sites for hydroxylation is 2. The average Bonchev–Trinajstić information content (AvgIpc) is 3.45. The molecule has 0 bridgehead atoms. The lowest BCUT2D eigenvalue weighted by Gasteiger charge is -2.21. The normalized spacial score (nSPS) is 17.6. The van der Waals surface area contributed by atoms with Gasteiger partial charge >= 0.3 is 5.97 Å². The number of aliphatic hydroxyl groups is 1. The van der Waals surface area contributed by atoms with Gasteiger partial charge in [0, 0.05) is 37.5 Å². The third-order valence-corrected chi connectivity index (χ3v) is 6.46. The van der Waals surface area contributed by atoms with Crippen LogP contribution < -0.4 is 10.9 Å². The number of aliphatic hydroxyl groups excluding tert-OH is 1. The van der Waals surface area contributed by atoms with E-state index in [-0.39, 0.29) is 17.8 Å². The Morgan fingerprint density at radius 3 is 2.72 bits per heavy atom. The van der Waals surface area contributed by atoms with Crippen molar-refractivity contribution in [2.75, 3.05) is 6.61 Å². The second-order valence-electron chi connectivity index (χ2n) is 9.92. The average molecular weight is 497 g/mol. The lowest BCUT2D eigenvalue weighted by Crippen LogP contribution is -2.46. The summed E-state index contributed by atoms with van der Waals surface area (Å²) in [4.78, 5) is 29.6. The Hall–Kier alpha value is -3.01. The highest BCUT2D eigenvalue weighted by molar-refractivity contribution is 5.81. The predicted molar refractivity (Wildman–Crippen MR) is 138 cm³/mol. The molecule has 9 heteroatoms. The van der Waals surface area contributed by atoms with E-state index in [1.165, 1.54) is 0 Å². The first-order chi connectivity index (χ1) is 17.1. The Morgan fingerprint density at radius 2 is 2.08 bits per heavy atom. The fraction of sp³-hybridized carbons (Fsp3) is 0.519. The molecule has 0 saturated carbocycles. The number of carbonyl (C=O) groups excluding carboxylic acids is 1. The number of esters is 1. The van der Waals surface area contributed by atoms with Crippen LogP contribution in [0.1, 0.15) is 44.7 Å². The summed E-state index contributed by atoms with van der Waals surface area (Å²) in [6.07, 6.45) is 2.78. The molecule has 2 N–H and O–H groups in total. The van der Waals surface area contributed by atoms with Crippen molar-refractivity contribution in [1.29, 1.82) is 0 Å². The smallest absolute Gasteiger partial charge is 0.326 e. The van der Waals surface area contributed by atoms with Crippen molar-refractivity contribution >= 4 is 17.0 Å². The van der Waals surface area contributed by atoms with E-state index in [4.69, 9.17) is 14.5 Å². The van der Waals surface area contributed by atoms with Gasteiger partial charge in [0.1, 0.15) is 11.9 Å². The van der Waals surface area contributed by atoms with Gasteiger partial charge in [0.2, 0.25) is 0 Å². The van der Waals surface area contributed by atoms with Gasteiger partial charge in [0.25, 0.3) is 5.56 Å². The van der Waals surface area contributed by atoms with Crippen molar-refractivity contribution in [2.45, 2.75) is 78.0 Å². The summed E-state index contributed by atoms with van der Waals surface area (Å²) in [5, 5.41) is 13.3. The third-order valence-electron chi connectivity index (χ3n) is 6.46. The maximum Gasteiger partial charge on any atom is 0.326 e. The Morgan fingerprint density at radius 1 is 1.31 bits per heavy atom. The highest BCUT2D eigenvalue weighted by Gasteiger charge is 2.26. The summed E-state index contributed by atoms with van der Waals surface area (Å²) < 4.78 is 15.0. The number of hydrogen-bond donors (Lipinski definition) is 2. The van der Waals surface area contributed by atoms with Crippen LogP contribution in [0, 0.1) is 6.92 Å². The Labute approximate surface area is 211 Å². The molecule has 194 valence electrons. The number of fused-ring (bicyclic) bond motifs is 1. The Kier molecular flexibility index (Phi) is 7.92. The summed E-state index contributed by atoms with van der Waals surface area (Å²) in [5.41, 5.74) is 4.23. The molecule has 1 aliphatic rings. The van der Waals surface area contributed by atoms with Gasteiger partial charge in [-0.3, -0.25) is 14.9 Å². The fourth-order valence-electron chi connectivity index (χ4n) is 4.66. The molecule has 0 radical (unpaired) electrons. The molecule has 36 heavy (non-hydrogen) atoms. The molecule has 3 aromatic rings. The first-order valence-corrected chi connectivity index (χ1v) is 12.5. The summed E-state index contributed by atoms with van der Waals surface area (Å²) in [5.74, 6) is 0.309. The van der Waals surface area contributed by atoms with Crippen LogP contribution in [0.3, 0.4) is 0 Å². The van der Waals surface area contributed by atoms with E-state index in [9.17, 15) is 14.7 Å². The topological polar surface area (TPSA) is 108 Å². The van der Waals surface area contributed by atoms with E-state index < -0.39 is 18.1 Å². The van der Waals surface area contributed by atoms with Crippen LogP contribution >= 0.6 is 0 Å². The summed E-state index contributed by atoms with van der Waals surface area (Å²) in [7, 11) is 1.75. The van der Waals surface area contributed by atoms with Crippen LogP contribution in [0.2, 0.25) is 0 Å². The number of nitrogens with zero attached hydrogens (tertiary/aromatic N) is 3. The first-order valence-electron chi connectivity index (χ1n) is 12.5. The van der Waals surface area contributed by atoms with Crippen LogP contribution in [0.25, 0.3) is 22.4 Å². The maximum absolute atomic E-state index is 12.4. The zero-order valence-corrected chi connectivity index (χ0v) is 21.7. The third kappa shape index (κ3) is 5.69. The largest absolute Gasteiger partial charge is 0.462 e. The molecule has 2 aromatic heterocycles. The second kappa shape index (κ2) is 10.9. The standard InChI is InChI=1S/C27H36N4O5/c1-16(2)36-27(34)24(18(4)32)28-13-19-8-9-22-23(12-19)31(15-21-7-6-10-35-21)25(29-22)20-11-17(3)26(33)30(5)14-20/h8-9,11-12,14,16,18,21,24,28,32H,6-7,10,13,15H2,1-5H3/t18-,21?,24+/m1/s1. The molecule has 1 unspecified atom stereocenters. The Balaban J connectivity index is 1.69. The first kappa shape index (κ1) is 26.1. The summed E-state index contributed by atoms with van der Waals surface area (Å²) in [6.45, 7) is 8.73. The van der Waals surface area contributed by atoms with Gasteiger partial charge in [-0.15, -0.1) is 0 Å². The number of carbonyl (C=O) groups is 1. The van der Waals surface area contributed by atoms with Crippen LogP contribution in [0.4, 0.5) is 0 Å². The molecule has 4 rings (SSSR count). The molecule has 1 fully saturated rings. The summed E-state index contributed by atoms with van der Waals surface area (Å²) in [6, 6.07) is 7.02. The van der Waals surface area contributed by atoms with Crippen molar-refractivity contribution in [1.82, 2.24) is 19.4 Å². The minimum Gasteiger partial charge on any atom is -0.462 e. The molecule has 9 nitrogen and oxygen atoms in total. The van der Waals surface area contributed by atoms with E-state index in [1.807, 2.05) is 31.3 Å². The number of nitrogens with one attached hydrogen (secondary N) is 1. The number of ether oxygens (including phenoxy) is 2. The van der Waals surface area contributed by atoms with Gasteiger partial charge in [0.15, 0.2) is 0 Å². The quantitative estimate of drug-likeness (QED) is 0.439. The molecular weight excluding hydrogens is 460 g/mol. The number of pyridine rings is 1. The molecule has 3 heterocycles. The molecule has 0 aliphatic carbocycles. The zero-order valence-electron chi connectivity index (χ0n) is 21.7. The Bertz CT molecular complexity index is 1260. The number of benzene rings is 1. The van der Waals surface area contributed by atoms with Crippen LogP contribution in [0.15, 0.2) is 35.3 Å². The lowest BCUT2D eigenvalue weighted by molar-refractivity contribution is -0.152. The van der Waals surface area contributed by atoms with Crippen LogP contribution in [-0.2, 0) is 34.4 Å². The van der Waals surface area contributed by atoms with Gasteiger partial charge in [-0.2, -0.15) is 0 Å². The number of imidazole rings is 1. The number of aromatic nitrogens is 3. The highest BCUT2D eigenvalue weighted by Crippen LogP contribution is 2.28.